The second-order valence-corrected chi connectivity index (χ2v) is 4.16. The molecular formula is C14H7F5O2. The Morgan fingerprint density at radius 1 is 1.05 bits per heavy atom. The second kappa shape index (κ2) is 5.16. The second-order valence-electron chi connectivity index (χ2n) is 4.16. The summed E-state index contributed by atoms with van der Waals surface area (Å²) in [5, 5.41) is 8.78. The van der Waals surface area contributed by atoms with Crippen LogP contribution < -0.4 is 0 Å². The number of hydrogen-bond donors (Lipinski definition) is 1. The van der Waals surface area contributed by atoms with Gasteiger partial charge in [0, 0.05) is 5.56 Å². The number of carbonyl (C=O) groups is 1. The van der Waals surface area contributed by atoms with E-state index >= 15 is 0 Å². The van der Waals surface area contributed by atoms with Gasteiger partial charge in [0.25, 0.3) is 0 Å². The highest BCUT2D eigenvalue weighted by Crippen LogP contribution is 2.34. The Balaban J connectivity index is 2.57. The van der Waals surface area contributed by atoms with Crippen LogP contribution >= 0.6 is 0 Å². The highest BCUT2D eigenvalue weighted by molar-refractivity contribution is 5.90. The average Bonchev–Trinajstić information content (AvgIpc) is 2.36. The van der Waals surface area contributed by atoms with E-state index < -0.39 is 34.9 Å². The van der Waals surface area contributed by atoms with Gasteiger partial charge in [-0.3, -0.25) is 0 Å². The van der Waals surface area contributed by atoms with E-state index in [2.05, 4.69) is 0 Å². The zero-order valence-corrected chi connectivity index (χ0v) is 10.2. The normalized spacial score (nSPS) is 11.5. The fourth-order valence-corrected chi connectivity index (χ4v) is 1.83. The third-order valence-corrected chi connectivity index (χ3v) is 2.81. The van der Waals surface area contributed by atoms with E-state index in [1.54, 1.807) is 0 Å². The maximum absolute atomic E-state index is 13.9. The van der Waals surface area contributed by atoms with Crippen LogP contribution in [0.1, 0.15) is 15.9 Å². The Hall–Kier alpha value is -2.44. The lowest BCUT2D eigenvalue weighted by atomic mass is 10.0. The van der Waals surface area contributed by atoms with Gasteiger partial charge in [-0.1, -0.05) is 18.2 Å². The lowest BCUT2D eigenvalue weighted by Gasteiger charge is -2.10. The van der Waals surface area contributed by atoms with E-state index in [9.17, 15) is 26.7 Å². The Morgan fingerprint density at radius 2 is 1.71 bits per heavy atom. The predicted molar refractivity (Wildman–Crippen MR) is 63.8 cm³/mol. The largest absolute Gasteiger partial charge is 0.478 e. The van der Waals surface area contributed by atoms with Crippen LogP contribution in [0, 0.1) is 11.6 Å². The quantitative estimate of drug-likeness (QED) is 0.837. The first-order valence-corrected chi connectivity index (χ1v) is 5.60. The van der Waals surface area contributed by atoms with Crippen LogP contribution in [0.3, 0.4) is 0 Å². The first-order valence-electron chi connectivity index (χ1n) is 5.60. The minimum absolute atomic E-state index is 0.180. The third kappa shape index (κ3) is 2.86. The molecule has 0 aliphatic rings. The van der Waals surface area contributed by atoms with Crippen molar-refractivity contribution in [1.82, 2.24) is 0 Å². The lowest BCUT2D eigenvalue weighted by molar-refractivity contribution is -0.139. The number of rotatable bonds is 2. The fourth-order valence-electron chi connectivity index (χ4n) is 1.83. The molecule has 2 aromatic rings. The summed E-state index contributed by atoms with van der Waals surface area (Å²) in [5.41, 5.74) is -2.59. The summed E-state index contributed by atoms with van der Waals surface area (Å²) in [4.78, 5) is 10.8. The molecule has 21 heavy (non-hydrogen) atoms. The third-order valence-electron chi connectivity index (χ3n) is 2.81. The molecule has 0 radical (unpaired) electrons. The molecule has 1 N–H and O–H groups in total. The Bertz CT molecular complexity index is 707. The molecule has 2 nitrogen and oxygen atoms in total. The van der Waals surface area contributed by atoms with E-state index in [0.717, 1.165) is 18.2 Å². The summed E-state index contributed by atoms with van der Waals surface area (Å²) in [5.74, 6) is -4.22. The van der Waals surface area contributed by atoms with Gasteiger partial charge in [-0.05, 0) is 23.8 Å². The maximum atomic E-state index is 13.9. The van der Waals surface area contributed by atoms with Gasteiger partial charge >= 0.3 is 12.1 Å². The number of benzene rings is 2. The first kappa shape index (κ1) is 15.0. The molecule has 2 rings (SSSR count). The number of halogens is 5. The molecule has 0 aliphatic carbocycles. The molecule has 0 aromatic heterocycles. The predicted octanol–water partition coefficient (Wildman–Crippen LogP) is 4.35. The van der Waals surface area contributed by atoms with Crippen molar-refractivity contribution in [1.29, 1.82) is 0 Å². The number of aromatic carboxylic acids is 1. The Labute approximate surface area is 115 Å². The smallest absolute Gasteiger partial charge is 0.419 e. The van der Waals surface area contributed by atoms with Crippen LogP contribution in [0.15, 0.2) is 36.4 Å². The Kier molecular flexibility index (Phi) is 3.67. The van der Waals surface area contributed by atoms with Crippen molar-refractivity contribution in [3.8, 4) is 11.1 Å². The molecule has 7 heteroatoms. The first-order chi connectivity index (χ1) is 9.71. The monoisotopic (exact) mass is 302 g/mol. The molecule has 0 heterocycles. The summed E-state index contributed by atoms with van der Waals surface area (Å²) in [6.45, 7) is 0. The molecule has 0 saturated carbocycles. The minimum atomic E-state index is -4.86. The summed E-state index contributed by atoms with van der Waals surface area (Å²) in [6.07, 6.45) is -4.86. The van der Waals surface area contributed by atoms with E-state index in [0.29, 0.717) is 12.1 Å². The fraction of sp³-hybridized carbons (Fsp3) is 0.0714. The van der Waals surface area contributed by atoms with E-state index in [4.69, 9.17) is 5.11 Å². The van der Waals surface area contributed by atoms with Crippen LogP contribution in [-0.4, -0.2) is 11.1 Å². The van der Waals surface area contributed by atoms with Crippen molar-refractivity contribution < 1.29 is 31.9 Å². The SMILES string of the molecule is O=C(O)c1cccc(-c2ccc(C(F)(F)F)c(F)c2)c1F. The number of hydrogen-bond acceptors (Lipinski definition) is 1. The van der Waals surface area contributed by atoms with Gasteiger partial charge in [0.1, 0.15) is 11.6 Å². The number of carboxylic acid groups (broad SMARTS) is 1. The van der Waals surface area contributed by atoms with Gasteiger partial charge in [0.2, 0.25) is 0 Å². The van der Waals surface area contributed by atoms with Crippen LogP contribution in [0.4, 0.5) is 22.0 Å². The highest BCUT2D eigenvalue weighted by atomic mass is 19.4. The highest BCUT2D eigenvalue weighted by Gasteiger charge is 2.34. The van der Waals surface area contributed by atoms with Crippen molar-refractivity contribution in [3.05, 3.63) is 59.2 Å². The lowest BCUT2D eigenvalue weighted by Crippen LogP contribution is -2.08. The van der Waals surface area contributed by atoms with E-state index in [-0.39, 0.29) is 11.1 Å². The zero-order chi connectivity index (χ0) is 15.8. The molecule has 0 bridgehead atoms. The van der Waals surface area contributed by atoms with Crippen LogP contribution in [0.5, 0.6) is 0 Å². The standard InChI is InChI=1S/C14H7F5O2/c15-11-6-7(4-5-10(11)14(17,18)19)8-2-1-3-9(12(8)16)13(20)21/h1-6H,(H,20,21). The van der Waals surface area contributed by atoms with E-state index in [1.165, 1.54) is 6.07 Å². The van der Waals surface area contributed by atoms with E-state index in [1.807, 2.05) is 0 Å². The van der Waals surface area contributed by atoms with Gasteiger partial charge in [0.15, 0.2) is 0 Å². The molecule has 0 unspecified atom stereocenters. The van der Waals surface area contributed by atoms with Gasteiger partial charge in [-0.15, -0.1) is 0 Å². The Morgan fingerprint density at radius 3 is 2.24 bits per heavy atom. The molecule has 110 valence electrons. The van der Waals surface area contributed by atoms with Crippen LogP contribution in [0.2, 0.25) is 0 Å². The molecule has 0 amide bonds. The van der Waals surface area contributed by atoms with Crippen molar-refractivity contribution in [2.24, 2.45) is 0 Å². The van der Waals surface area contributed by atoms with Crippen molar-refractivity contribution in [2.45, 2.75) is 6.18 Å². The minimum Gasteiger partial charge on any atom is -0.478 e. The number of alkyl halides is 3. The van der Waals surface area contributed by atoms with Gasteiger partial charge < -0.3 is 5.11 Å². The topological polar surface area (TPSA) is 37.3 Å². The summed E-state index contributed by atoms with van der Waals surface area (Å²) >= 11 is 0. The van der Waals surface area contributed by atoms with Gasteiger partial charge in [0.05, 0.1) is 11.1 Å². The molecule has 0 saturated heterocycles. The molecule has 0 aliphatic heterocycles. The zero-order valence-electron chi connectivity index (χ0n) is 10.2. The van der Waals surface area contributed by atoms with Crippen LogP contribution in [-0.2, 0) is 6.18 Å². The summed E-state index contributed by atoms with van der Waals surface area (Å²) in [7, 11) is 0. The average molecular weight is 302 g/mol. The van der Waals surface area contributed by atoms with Crippen molar-refractivity contribution in [2.75, 3.05) is 0 Å². The molecule has 0 atom stereocenters. The maximum Gasteiger partial charge on any atom is 0.419 e. The molecular weight excluding hydrogens is 295 g/mol. The van der Waals surface area contributed by atoms with Crippen LogP contribution in [0.25, 0.3) is 11.1 Å². The summed E-state index contributed by atoms with van der Waals surface area (Å²) in [6, 6.07) is 5.27. The molecule has 0 spiro atoms. The van der Waals surface area contributed by atoms with Gasteiger partial charge in [-0.25, -0.2) is 13.6 Å². The van der Waals surface area contributed by atoms with Crippen molar-refractivity contribution >= 4 is 5.97 Å². The molecule has 2 aromatic carbocycles. The molecule has 0 fully saturated rings. The number of carboxylic acids is 1. The van der Waals surface area contributed by atoms with Crippen molar-refractivity contribution in [3.63, 3.8) is 0 Å². The summed E-state index contributed by atoms with van der Waals surface area (Å²) < 4.78 is 64.7. The van der Waals surface area contributed by atoms with Gasteiger partial charge in [-0.2, -0.15) is 13.2 Å².